The van der Waals surface area contributed by atoms with Crippen molar-refractivity contribution < 1.29 is 8.42 Å². The number of benzene rings is 1. The number of nitriles is 1. The highest BCUT2D eigenvalue weighted by molar-refractivity contribution is 7.89. The summed E-state index contributed by atoms with van der Waals surface area (Å²) in [4.78, 5) is 10.4. The lowest BCUT2D eigenvalue weighted by molar-refractivity contribution is 0.385. The first-order chi connectivity index (χ1) is 13.5. The van der Waals surface area contributed by atoms with Crippen LogP contribution >= 0.6 is 11.6 Å². The van der Waals surface area contributed by atoms with Gasteiger partial charge in [0.1, 0.15) is 11.0 Å². The van der Waals surface area contributed by atoms with Gasteiger partial charge in [-0.3, -0.25) is 9.97 Å². The van der Waals surface area contributed by atoms with Gasteiger partial charge < -0.3 is 4.90 Å². The number of hydrogen-bond donors (Lipinski definition) is 0. The molecule has 0 radical (unpaired) electrons. The molecule has 0 unspecified atom stereocenters. The van der Waals surface area contributed by atoms with E-state index < -0.39 is 10.0 Å². The van der Waals surface area contributed by atoms with Gasteiger partial charge in [-0.15, -0.1) is 0 Å². The number of fused-ring (bicyclic) bond motifs is 1. The summed E-state index contributed by atoms with van der Waals surface area (Å²) in [5.74, 6) is 0. The Morgan fingerprint density at radius 1 is 1.11 bits per heavy atom. The highest BCUT2D eigenvalue weighted by atomic mass is 35.5. The summed E-state index contributed by atoms with van der Waals surface area (Å²) in [7, 11) is -3.59. The number of halogens is 1. The zero-order valence-electron chi connectivity index (χ0n) is 14.8. The van der Waals surface area contributed by atoms with Crippen LogP contribution in [0.4, 0.5) is 5.69 Å². The lowest BCUT2D eigenvalue weighted by atomic mass is 10.1. The number of sulfonamides is 1. The maximum atomic E-state index is 12.8. The molecular formula is C19H16ClN5O2S. The predicted molar refractivity (Wildman–Crippen MR) is 107 cm³/mol. The fraction of sp³-hybridized carbons (Fsp3) is 0.211. The Morgan fingerprint density at radius 2 is 1.89 bits per heavy atom. The average molecular weight is 414 g/mol. The van der Waals surface area contributed by atoms with E-state index in [4.69, 9.17) is 11.6 Å². The molecule has 1 saturated heterocycles. The molecule has 0 aliphatic carbocycles. The van der Waals surface area contributed by atoms with Crippen LogP contribution < -0.4 is 4.90 Å². The van der Waals surface area contributed by atoms with Crippen LogP contribution in [0.5, 0.6) is 0 Å². The summed E-state index contributed by atoms with van der Waals surface area (Å²) < 4.78 is 27.0. The molecule has 3 aromatic rings. The van der Waals surface area contributed by atoms with Gasteiger partial charge in [-0.05, 0) is 30.3 Å². The summed E-state index contributed by atoms with van der Waals surface area (Å²) in [5.41, 5.74) is 1.93. The molecule has 3 heterocycles. The first kappa shape index (κ1) is 18.6. The van der Waals surface area contributed by atoms with Gasteiger partial charge in [-0.2, -0.15) is 9.57 Å². The summed E-state index contributed by atoms with van der Waals surface area (Å²) in [6, 6.07) is 10.7. The minimum absolute atomic E-state index is 0.183. The van der Waals surface area contributed by atoms with Crippen molar-refractivity contribution in [3.05, 3.63) is 59.5 Å². The third kappa shape index (κ3) is 3.29. The van der Waals surface area contributed by atoms with E-state index in [9.17, 15) is 13.7 Å². The van der Waals surface area contributed by atoms with Crippen LogP contribution in [0.2, 0.25) is 5.02 Å². The molecule has 0 spiro atoms. The lowest BCUT2D eigenvalue weighted by Crippen LogP contribution is -2.49. The molecule has 0 amide bonds. The molecule has 1 fully saturated rings. The second-order valence-corrected chi connectivity index (χ2v) is 8.75. The molecule has 9 heteroatoms. The summed E-state index contributed by atoms with van der Waals surface area (Å²) >= 11 is 6.15. The molecule has 28 heavy (non-hydrogen) atoms. The molecule has 2 aromatic heterocycles. The minimum atomic E-state index is -3.59. The maximum Gasteiger partial charge on any atom is 0.244 e. The SMILES string of the molecule is N#Cc1cnc2ccc(Cl)cc2c1N1CCN(S(=O)(=O)c2cccnc2)CC1. The number of rotatable bonds is 3. The van der Waals surface area contributed by atoms with Crippen LogP contribution in [0.1, 0.15) is 5.56 Å². The van der Waals surface area contributed by atoms with E-state index in [1.54, 1.807) is 36.7 Å². The summed E-state index contributed by atoms with van der Waals surface area (Å²) in [5, 5.41) is 10.9. The number of aromatic nitrogens is 2. The number of pyridine rings is 2. The first-order valence-electron chi connectivity index (χ1n) is 8.64. The number of piperazine rings is 1. The van der Waals surface area contributed by atoms with Gasteiger partial charge in [0.25, 0.3) is 0 Å². The quantitative estimate of drug-likeness (QED) is 0.655. The minimum Gasteiger partial charge on any atom is -0.367 e. The van der Waals surface area contributed by atoms with Gasteiger partial charge in [0.05, 0.1) is 16.8 Å². The Morgan fingerprint density at radius 3 is 2.57 bits per heavy atom. The van der Waals surface area contributed by atoms with E-state index in [-0.39, 0.29) is 4.90 Å². The summed E-state index contributed by atoms with van der Waals surface area (Å²) in [6.07, 6.45) is 4.44. The van der Waals surface area contributed by atoms with E-state index in [0.29, 0.717) is 36.8 Å². The van der Waals surface area contributed by atoms with Gasteiger partial charge in [0.15, 0.2) is 0 Å². The van der Waals surface area contributed by atoms with Crippen molar-refractivity contribution in [2.24, 2.45) is 0 Å². The van der Waals surface area contributed by atoms with Crippen molar-refractivity contribution in [3.8, 4) is 6.07 Å². The van der Waals surface area contributed by atoms with Gasteiger partial charge in [0.2, 0.25) is 10.0 Å². The average Bonchev–Trinajstić information content (AvgIpc) is 2.73. The van der Waals surface area contributed by atoms with Crippen molar-refractivity contribution in [3.63, 3.8) is 0 Å². The standard InChI is InChI=1S/C19H16ClN5O2S/c20-15-3-4-18-17(10-15)19(14(11-21)12-23-18)24-6-8-25(9-7-24)28(26,27)16-2-1-5-22-13-16/h1-5,10,12-13H,6-9H2. The van der Waals surface area contributed by atoms with E-state index in [2.05, 4.69) is 16.0 Å². The second-order valence-electron chi connectivity index (χ2n) is 6.37. The van der Waals surface area contributed by atoms with Gasteiger partial charge in [-0.1, -0.05) is 11.6 Å². The topological polar surface area (TPSA) is 90.2 Å². The molecule has 0 atom stereocenters. The van der Waals surface area contributed by atoms with Crippen LogP contribution in [0, 0.1) is 11.3 Å². The normalized spacial score (nSPS) is 15.5. The molecule has 1 aromatic carbocycles. The molecule has 0 saturated carbocycles. The monoisotopic (exact) mass is 413 g/mol. The van der Waals surface area contributed by atoms with Crippen molar-refractivity contribution in [1.82, 2.24) is 14.3 Å². The van der Waals surface area contributed by atoms with E-state index in [1.165, 1.54) is 10.5 Å². The first-order valence-corrected chi connectivity index (χ1v) is 10.5. The zero-order chi connectivity index (χ0) is 19.7. The van der Waals surface area contributed by atoms with Crippen LogP contribution in [-0.4, -0.2) is 48.9 Å². The van der Waals surface area contributed by atoms with E-state index >= 15 is 0 Å². The van der Waals surface area contributed by atoms with Crippen LogP contribution in [0.15, 0.2) is 53.8 Å². The third-order valence-electron chi connectivity index (χ3n) is 4.75. The fourth-order valence-electron chi connectivity index (χ4n) is 3.37. The number of anilines is 1. The van der Waals surface area contributed by atoms with Crippen molar-refractivity contribution >= 4 is 38.2 Å². The van der Waals surface area contributed by atoms with Crippen LogP contribution in [-0.2, 0) is 10.0 Å². The molecule has 0 N–H and O–H groups in total. The Balaban J connectivity index is 1.64. The molecular weight excluding hydrogens is 398 g/mol. The zero-order valence-corrected chi connectivity index (χ0v) is 16.4. The second kappa shape index (κ2) is 7.36. The maximum absolute atomic E-state index is 12.8. The molecule has 0 bridgehead atoms. The van der Waals surface area contributed by atoms with Gasteiger partial charge in [-0.25, -0.2) is 8.42 Å². The third-order valence-corrected chi connectivity index (χ3v) is 6.87. The van der Waals surface area contributed by atoms with Crippen molar-refractivity contribution in [1.29, 1.82) is 5.26 Å². The number of nitrogens with zero attached hydrogens (tertiary/aromatic N) is 5. The van der Waals surface area contributed by atoms with Crippen molar-refractivity contribution in [2.75, 3.05) is 31.1 Å². The molecule has 4 rings (SSSR count). The Hall–Kier alpha value is -2.73. The summed E-state index contributed by atoms with van der Waals surface area (Å²) in [6.45, 7) is 1.54. The van der Waals surface area contributed by atoms with E-state index in [0.717, 1.165) is 16.6 Å². The Kier molecular flexibility index (Phi) is 4.89. The molecule has 1 aliphatic rings. The van der Waals surface area contributed by atoms with E-state index in [1.807, 2.05) is 11.0 Å². The smallest absolute Gasteiger partial charge is 0.244 e. The van der Waals surface area contributed by atoms with Crippen LogP contribution in [0.3, 0.4) is 0 Å². The fourth-order valence-corrected chi connectivity index (χ4v) is 4.93. The molecule has 1 aliphatic heterocycles. The largest absolute Gasteiger partial charge is 0.367 e. The highest BCUT2D eigenvalue weighted by Crippen LogP contribution is 2.32. The van der Waals surface area contributed by atoms with Crippen LogP contribution in [0.25, 0.3) is 10.9 Å². The predicted octanol–water partition coefficient (Wildman–Crippen LogP) is 2.67. The molecule has 142 valence electrons. The van der Waals surface area contributed by atoms with Gasteiger partial charge >= 0.3 is 0 Å². The Bertz CT molecular complexity index is 1170. The van der Waals surface area contributed by atoms with Crippen molar-refractivity contribution in [2.45, 2.75) is 4.90 Å². The highest BCUT2D eigenvalue weighted by Gasteiger charge is 2.30. The lowest BCUT2D eigenvalue weighted by Gasteiger charge is -2.36. The van der Waals surface area contributed by atoms with Gasteiger partial charge in [0, 0.05) is 55.2 Å². The molecule has 7 nitrogen and oxygen atoms in total. The number of hydrogen-bond acceptors (Lipinski definition) is 6. The Labute approximate surface area is 167 Å².